The van der Waals surface area contributed by atoms with E-state index in [1.807, 2.05) is 0 Å². The average molecular weight is 452 g/mol. The number of benzene rings is 2. The number of urea groups is 1. The zero-order valence-corrected chi connectivity index (χ0v) is 17.6. The number of anilines is 1. The molecule has 1 saturated carbocycles. The van der Waals surface area contributed by atoms with Gasteiger partial charge >= 0.3 is 12.1 Å². The third-order valence-electron chi connectivity index (χ3n) is 5.21. The number of carbonyl (C=O) groups excluding carboxylic acids is 2. The zero-order chi connectivity index (χ0) is 23.4. The summed E-state index contributed by atoms with van der Waals surface area (Å²) in [6.45, 7) is 0.0278. The van der Waals surface area contributed by atoms with Crippen LogP contribution in [0.3, 0.4) is 0 Å². The van der Waals surface area contributed by atoms with E-state index in [4.69, 9.17) is 10.5 Å². The Bertz CT molecular complexity index is 1200. The van der Waals surface area contributed by atoms with Gasteiger partial charge < -0.3 is 15.8 Å². The Morgan fingerprint density at radius 3 is 2.58 bits per heavy atom. The second-order valence-electron chi connectivity index (χ2n) is 7.67. The lowest BCUT2D eigenvalue weighted by molar-refractivity contribution is 0.154. The minimum absolute atomic E-state index is 0.0278. The predicted octanol–water partition coefficient (Wildman–Crippen LogP) is 4.50. The Hall–Kier alpha value is -4.01. The fourth-order valence-corrected chi connectivity index (χ4v) is 3.45. The first kappa shape index (κ1) is 22.2. The molecule has 0 bridgehead atoms. The summed E-state index contributed by atoms with van der Waals surface area (Å²) in [4.78, 5) is 27.5. The van der Waals surface area contributed by atoms with Crippen molar-refractivity contribution in [3.8, 4) is 11.1 Å². The molecular formula is C24H22F2N4O3. The van der Waals surface area contributed by atoms with Crippen molar-refractivity contribution in [1.29, 1.82) is 0 Å². The molecule has 0 atom stereocenters. The number of ether oxygens (including phenoxy) is 1. The summed E-state index contributed by atoms with van der Waals surface area (Å²) < 4.78 is 35.2. The maximum absolute atomic E-state index is 15.7. The Morgan fingerprint density at radius 1 is 1.06 bits per heavy atom. The van der Waals surface area contributed by atoms with Crippen LogP contribution >= 0.6 is 0 Å². The van der Waals surface area contributed by atoms with Crippen molar-refractivity contribution in [2.45, 2.75) is 31.9 Å². The Balaban J connectivity index is 1.76. The number of hydrogen-bond donors (Lipinski definition) is 3. The molecule has 0 saturated heterocycles. The number of hydrogen-bond acceptors (Lipinski definition) is 4. The number of pyridine rings is 1. The fraction of sp³-hybridized carbons (Fsp3) is 0.208. The highest BCUT2D eigenvalue weighted by Crippen LogP contribution is 2.34. The largest absolute Gasteiger partial charge is 0.446 e. The van der Waals surface area contributed by atoms with Crippen LogP contribution < -0.4 is 16.4 Å². The molecule has 1 aliphatic rings. The molecule has 3 aromatic rings. The second-order valence-corrected chi connectivity index (χ2v) is 7.67. The fourth-order valence-electron chi connectivity index (χ4n) is 3.45. The lowest BCUT2D eigenvalue weighted by Crippen LogP contribution is -2.29. The number of halogens is 2. The van der Waals surface area contributed by atoms with Gasteiger partial charge in [-0.15, -0.1) is 0 Å². The third kappa shape index (κ3) is 5.43. The van der Waals surface area contributed by atoms with Crippen LogP contribution in [0.5, 0.6) is 0 Å². The van der Waals surface area contributed by atoms with Crippen LogP contribution in [0.1, 0.15) is 29.7 Å². The van der Waals surface area contributed by atoms with Crippen molar-refractivity contribution in [2.24, 2.45) is 5.73 Å². The van der Waals surface area contributed by atoms with E-state index in [0.29, 0.717) is 16.8 Å². The van der Waals surface area contributed by atoms with E-state index < -0.39 is 23.8 Å². The Kier molecular flexibility index (Phi) is 6.48. The minimum atomic E-state index is -0.742. The van der Waals surface area contributed by atoms with Crippen LogP contribution in [0.15, 0.2) is 54.7 Å². The summed E-state index contributed by atoms with van der Waals surface area (Å²) in [5.74, 6) is -1.18. The third-order valence-corrected chi connectivity index (χ3v) is 5.21. The molecule has 0 aliphatic heterocycles. The molecule has 0 spiro atoms. The molecule has 2 aromatic carbocycles. The van der Waals surface area contributed by atoms with Crippen molar-refractivity contribution in [2.75, 3.05) is 5.32 Å². The highest BCUT2D eigenvalue weighted by atomic mass is 19.1. The molecule has 3 amide bonds. The van der Waals surface area contributed by atoms with Crippen LogP contribution in [0, 0.1) is 11.6 Å². The smallest absolute Gasteiger partial charge is 0.411 e. The average Bonchev–Trinajstić information content (AvgIpc) is 3.60. The molecule has 0 radical (unpaired) electrons. The van der Waals surface area contributed by atoms with E-state index in [2.05, 4.69) is 15.6 Å². The summed E-state index contributed by atoms with van der Waals surface area (Å²) in [6, 6.07) is 11.8. The first-order valence-corrected chi connectivity index (χ1v) is 10.4. The first-order valence-electron chi connectivity index (χ1n) is 10.4. The second kappa shape index (κ2) is 9.64. The molecular weight excluding hydrogens is 430 g/mol. The number of nitrogens with one attached hydrogen (secondary N) is 2. The topological polar surface area (TPSA) is 106 Å². The van der Waals surface area contributed by atoms with Gasteiger partial charge in [-0.05, 0) is 42.2 Å². The van der Waals surface area contributed by atoms with Crippen LogP contribution in [0.25, 0.3) is 11.1 Å². The zero-order valence-electron chi connectivity index (χ0n) is 17.6. The van der Waals surface area contributed by atoms with Gasteiger partial charge in [0.1, 0.15) is 11.9 Å². The molecule has 4 rings (SSSR count). The van der Waals surface area contributed by atoms with Crippen LogP contribution in [0.4, 0.5) is 24.1 Å². The minimum Gasteiger partial charge on any atom is -0.446 e. The van der Waals surface area contributed by atoms with E-state index in [0.717, 1.165) is 12.8 Å². The van der Waals surface area contributed by atoms with E-state index in [9.17, 15) is 14.0 Å². The predicted molar refractivity (Wildman–Crippen MR) is 118 cm³/mol. The highest BCUT2D eigenvalue weighted by Gasteiger charge is 2.27. The molecule has 0 unspecified atom stereocenters. The highest BCUT2D eigenvalue weighted by molar-refractivity contribution is 5.86. The lowest BCUT2D eigenvalue weighted by Gasteiger charge is -2.17. The van der Waals surface area contributed by atoms with Crippen molar-refractivity contribution >= 4 is 17.8 Å². The van der Waals surface area contributed by atoms with E-state index in [1.165, 1.54) is 18.3 Å². The molecule has 9 heteroatoms. The molecule has 1 aromatic heterocycles. The van der Waals surface area contributed by atoms with Crippen LogP contribution in [-0.2, 0) is 17.7 Å². The number of aromatic nitrogens is 1. The van der Waals surface area contributed by atoms with Gasteiger partial charge in [-0.3, -0.25) is 10.3 Å². The monoisotopic (exact) mass is 452 g/mol. The Morgan fingerprint density at radius 2 is 1.85 bits per heavy atom. The number of rotatable bonds is 7. The van der Waals surface area contributed by atoms with Crippen LogP contribution in [0.2, 0.25) is 0 Å². The molecule has 1 aliphatic carbocycles. The van der Waals surface area contributed by atoms with Crippen molar-refractivity contribution < 1.29 is 23.1 Å². The van der Waals surface area contributed by atoms with E-state index in [-0.39, 0.29) is 35.9 Å². The molecule has 4 N–H and O–H groups in total. The summed E-state index contributed by atoms with van der Waals surface area (Å²) in [5, 5.41) is 4.91. The van der Waals surface area contributed by atoms with Gasteiger partial charge in [-0.2, -0.15) is 0 Å². The number of amides is 3. The summed E-state index contributed by atoms with van der Waals surface area (Å²) in [7, 11) is 0. The SMILES string of the molecule is NC(=O)NCc1ncccc1-c1ccc(NC(=O)OC2CC2)c(F)c1Cc1ccccc1F. The molecule has 1 heterocycles. The van der Waals surface area contributed by atoms with Gasteiger partial charge in [-0.25, -0.2) is 18.4 Å². The normalized spacial score (nSPS) is 12.8. The van der Waals surface area contributed by atoms with Crippen molar-refractivity contribution in [1.82, 2.24) is 10.3 Å². The molecule has 33 heavy (non-hydrogen) atoms. The molecule has 170 valence electrons. The standard InChI is InChI=1S/C24H22F2N4O3/c25-19-6-2-1-4-14(19)12-18-16(17-5-3-11-28-21(17)13-29-23(27)31)9-10-20(22(18)26)30-24(32)33-15-7-8-15/h1-6,9-11,15H,7-8,12-13H2,(H,30,32)(H3,27,29,31). The molecule has 7 nitrogen and oxygen atoms in total. The maximum Gasteiger partial charge on any atom is 0.411 e. The van der Waals surface area contributed by atoms with Gasteiger partial charge in [0.25, 0.3) is 0 Å². The quantitative estimate of drug-likeness (QED) is 0.491. The van der Waals surface area contributed by atoms with Gasteiger partial charge in [0, 0.05) is 23.7 Å². The lowest BCUT2D eigenvalue weighted by atomic mass is 9.92. The number of nitrogens with zero attached hydrogens (tertiary/aromatic N) is 1. The van der Waals surface area contributed by atoms with E-state index >= 15 is 4.39 Å². The van der Waals surface area contributed by atoms with Gasteiger partial charge in [-0.1, -0.05) is 30.3 Å². The number of primary amides is 1. The van der Waals surface area contributed by atoms with Crippen molar-refractivity contribution in [3.05, 3.63) is 83.2 Å². The summed E-state index contributed by atoms with van der Waals surface area (Å²) in [6.07, 6.45) is 2.17. The summed E-state index contributed by atoms with van der Waals surface area (Å²) >= 11 is 0. The van der Waals surface area contributed by atoms with Gasteiger partial charge in [0.2, 0.25) is 0 Å². The van der Waals surface area contributed by atoms with Crippen LogP contribution in [-0.4, -0.2) is 23.2 Å². The summed E-state index contributed by atoms with van der Waals surface area (Å²) in [5.41, 5.74) is 7.01. The number of carbonyl (C=O) groups is 2. The first-order chi connectivity index (χ1) is 15.9. The number of nitrogens with two attached hydrogens (primary N) is 1. The maximum atomic E-state index is 15.7. The van der Waals surface area contributed by atoms with E-state index in [1.54, 1.807) is 36.4 Å². The van der Waals surface area contributed by atoms with Crippen molar-refractivity contribution in [3.63, 3.8) is 0 Å². The Labute approximate surface area is 189 Å². The van der Waals surface area contributed by atoms with Gasteiger partial charge in [0.15, 0.2) is 5.82 Å². The van der Waals surface area contributed by atoms with Gasteiger partial charge in [0.05, 0.1) is 17.9 Å². The molecule has 1 fully saturated rings.